The maximum Gasteiger partial charge on any atom is 0.253 e. The molecule has 1 aromatic rings. The van der Waals surface area contributed by atoms with Crippen molar-refractivity contribution in [1.82, 2.24) is 0 Å². The summed E-state index contributed by atoms with van der Waals surface area (Å²) in [5, 5.41) is -0.662. The molecule has 74 valence electrons. The number of halogens is 1. The molecule has 0 amide bonds. The average Bonchev–Trinajstić information content (AvgIpc) is 2.16. The third-order valence-electron chi connectivity index (χ3n) is 1.91. The molecule has 1 aromatic carbocycles. The topological polar surface area (TPSA) is 43.4 Å². The van der Waals surface area contributed by atoms with Crippen LogP contribution in [0.5, 0.6) is 5.75 Å². The predicted octanol–water partition coefficient (Wildman–Crippen LogP) is 2.20. The number of ether oxygens (including phenoxy) is 1. The molecule has 0 aromatic heterocycles. The molecule has 0 heterocycles. The first kappa shape index (κ1) is 10.7. The summed E-state index contributed by atoms with van der Waals surface area (Å²) in [6, 6.07) is 3.04. The minimum atomic E-state index is -0.662. The number of rotatable bonds is 3. The maximum absolute atomic E-state index is 11.0. The molecule has 0 radical (unpaired) electrons. The second-order valence-electron chi connectivity index (χ2n) is 2.80. The highest BCUT2D eigenvalue weighted by atomic mass is 35.5. The Balaban J connectivity index is 3.39. The molecule has 14 heavy (non-hydrogen) atoms. The van der Waals surface area contributed by atoms with Crippen LogP contribution in [0.25, 0.3) is 0 Å². The van der Waals surface area contributed by atoms with E-state index in [0.29, 0.717) is 12.0 Å². The molecule has 0 spiro atoms. The third kappa shape index (κ3) is 1.93. The van der Waals surface area contributed by atoms with Crippen molar-refractivity contribution in [2.24, 2.45) is 0 Å². The van der Waals surface area contributed by atoms with Crippen molar-refractivity contribution in [1.29, 1.82) is 0 Å². The fraction of sp³-hybridized carbons (Fsp3) is 0.200. The first-order valence-corrected chi connectivity index (χ1v) is 4.31. The second-order valence-corrected chi connectivity index (χ2v) is 3.14. The lowest BCUT2D eigenvalue weighted by Crippen LogP contribution is -1.99. The SMILES string of the molecule is COc1cc(C(=O)Cl)c(C=O)cc1C. The summed E-state index contributed by atoms with van der Waals surface area (Å²) in [6.07, 6.45) is 0.599. The van der Waals surface area contributed by atoms with E-state index in [1.165, 1.54) is 13.2 Å². The minimum absolute atomic E-state index is 0.170. The van der Waals surface area contributed by atoms with E-state index < -0.39 is 5.24 Å². The lowest BCUT2D eigenvalue weighted by molar-refractivity contribution is 0.106. The largest absolute Gasteiger partial charge is 0.496 e. The zero-order valence-electron chi connectivity index (χ0n) is 7.83. The fourth-order valence-electron chi connectivity index (χ4n) is 1.20. The van der Waals surface area contributed by atoms with Crippen LogP contribution in [0.3, 0.4) is 0 Å². The molecule has 0 aliphatic rings. The summed E-state index contributed by atoms with van der Waals surface area (Å²) < 4.78 is 5.01. The third-order valence-corrected chi connectivity index (χ3v) is 2.11. The lowest BCUT2D eigenvalue weighted by atomic mass is 10.1. The highest BCUT2D eigenvalue weighted by Gasteiger charge is 2.12. The molecule has 0 saturated heterocycles. The normalized spacial score (nSPS) is 9.64. The molecule has 0 fully saturated rings. The van der Waals surface area contributed by atoms with Gasteiger partial charge in [0.25, 0.3) is 5.24 Å². The Hall–Kier alpha value is -1.35. The number of methoxy groups -OCH3 is 1. The number of benzene rings is 1. The van der Waals surface area contributed by atoms with Gasteiger partial charge < -0.3 is 4.74 Å². The van der Waals surface area contributed by atoms with Crippen LogP contribution in [0.15, 0.2) is 12.1 Å². The van der Waals surface area contributed by atoms with Crippen LogP contribution in [0, 0.1) is 6.92 Å². The number of hydrogen-bond donors (Lipinski definition) is 0. The molecule has 0 N–H and O–H groups in total. The summed E-state index contributed by atoms with van der Waals surface area (Å²) in [6.45, 7) is 1.79. The average molecular weight is 213 g/mol. The molecule has 1 rings (SSSR count). The zero-order valence-corrected chi connectivity index (χ0v) is 8.59. The van der Waals surface area contributed by atoms with Gasteiger partial charge in [-0.1, -0.05) is 0 Å². The number of aryl methyl sites for hydroxylation is 1. The van der Waals surface area contributed by atoms with Crippen molar-refractivity contribution < 1.29 is 14.3 Å². The van der Waals surface area contributed by atoms with Crippen LogP contribution < -0.4 is 4.74 Å². The van der Waals surface area contributed by atoms with Crippen molar-refractivity contribution in [2.45, 2.75) is 6.92 Å². The van der Waals surface area contributed by atoms with Crippen molar-refractivity contribution in [3.63, 3.8) is 0 Å². The van der Waals surface area contributed by atoms with Crippen molar-refractivity contribution >= 4 is 23.1 Å². The van der Waals surface area contributed by atoms with Gasteiger partial charge in [-0.05, 0) is 36.2 Å². The predicted molar refractivity (Wildman–Crippen MR) is 53.3 cm³/mol. The van der Waals surface area contributed by atoms with E-state index in [1.807, 2.05) is 0 Å². The van der Waals surface area contributed by atoms with Gasteiger partial charge in [0.2, 0.25) is 0 Å². The first-order valence-electron chi connectivity index (χ1n) is 3.93. The molecule has 4 heteroatoms. The Morgan fingerprint density at radius 3 is 2.57 bits per heavy atom. The van der Waals surface area contributed by atoms with E-state index in [0.717, 1.165) is 5.56 Å². The summed E-state index contributed by atoms with van der Waals surface area (Å²) in [5.74, 6) is 0.541. The van der Waals surface area contributed by atoms with Crippen LogP contribution in [0.2, 0.25) is 0 Å². The second kappa shape index (κ2) is 4.24. The number of carbonyl (C=O) groups excluding carboxylic acids is 2. The van der Waals surface area contributed by atoms with Gasteiger partial charge in [-0.3, -0.25) is 9.59 Å². The molecule has 0 atom stereocenters. The van der Waals surface area contributed by atoms with Gasteiger partial charge in [0.05, 0.1) is 7.11 Å². The highest BCUT2D eigenvalue weighted by Crippen LogP contribution is 2.23. The van der Waals surface area contributed by atoms with Gasteiger partial charge in [0.1, 0.15) is 5.75 Å². The summed E-state index contributed by atoms with van der Waals surface area (Å²) >= 11 is 5.32. The van der Waals surface area contributed by atoms with Crippen LogP contribution in [-0.2, 0) is 0 Å². The Labute approximate surface area is 86.6 Å². The van der Waals surface area contributed by atoms with E-state index in [-0.39, 0.29) is 11.1 Å². The minimum Gasteiger partial charge on any atom is -0.496 e. The molecule has 0 aliphatic carbocycles. The van der Waals surface area contributed by atoms with Crippen LogP contribution in [0.1, 0.15) is 26.3 Å². The van der Waals surface area contributed by atoms with Crippen molar-refractivity contribution in [3.05, 3.63) is 28.8 Å². The monoisotopic (exact) mass is 212 g/mol. The van der Waals surface area contributed by atoms with Crippen LogP contribution >= 0.6 is 11.6 Å². The molecular formula is C10H9ClO3. The van der Waals surface area contributed by atoms with E-state index in [1.54, 1.807) is 13.0 Å². The first-order chi connectivity index (χ1) is 6.60. The lowest BCUT2D eigenvalue weighted by Gasteiger charge is -2.07. The smallest absolute Gasteiger partial charge is 0.253 e. The Bertz CT molecular complexity index is 385. The maximum atomic E-state index is 11.0. The Morgan fingerprint density at radius 1 is 1.50 bits per heavy atom. The van der Waals surface area contributed by atoms with Gasteiger partial charge >= 0.3 is 0 Å². The number of aldehydes is 1. The molecular weight excluding hydrogens is 204 g/mol. The van der Waals surface area contributed by atoms with E-state index in [9.17, 15) is 9.59 Å². The Morgan fingerprint density at radius 2 is 2.14 bits per heavy atom. The number of carbonyl (C=O) groups is 2. The van der Waals surface area contributed by atoms with E-state index in [4.69, 9.17) is 16.3 Å². The quantitative estimate of drug-likeness (QED) is 0.570. The highest BCUT2D eigenvalue weighted by molar-refractivity contribution is 6.68. The molecule has 0 bridgehead atoms. The number of hydrogen-bond acceptors (Lipinski definition) is 3. The standard InChI is InChI=1S/C10H9ClO3/c1-6-3-7(5-12)8(10(11)13)4-9(6)14-2/h3-5H,1-2H3. The van der Waals surface area contributed by atoms with E-state index >= 15 is 0 Å². The summed E-state index contributed by atoms with van der Waals surface area (Å²) in [7, 11) is 1.49. The summed E-state index contributed by atoms with van der Waals surface area (Å²) in [5.41, 5.74) is 1.24. The van der Waals surface area contributed by atoms with Gasteiger partial charge in [0, 0.05) is 11.1 Å². The molecule has 0 unspecified atom stereocenters. The van der Waals surface area contributed by atoms with Crippen molar-refractivity contribution in [3.8, 4) is 5.75 Å². The van der Waals surface area contributed by atoms with Gasteiger partial charge in [-0.25, -0.2) is 0 Å². The fourth-order valence-corrected chi connectivity index (χ4v) is 1.36. The molecule has 0 saturated carbocycles. The van der Waals surface area contributed by atoms with Crippen LogP contribution in [-0.4, -0.2) is 18.6 Å². The van der Waals surface area contributed by atoms with Crippen molar-refractivity contribution in [2.75, 3.05) is 7.11 Å². The summed E-state index contributed by atoms with van der Waals surface area (Å²) in [4.78, 5) is 21.6. The van der Waals surface area contributed by atoms with Gasteiger partial charge in [0.15, 0.2) is 6.29 Å². The Kier molecular flexibility index (Phi) is 3.25. The molecule has 3 nitrogen and oxygen atoms in total. The zero-order chi connectivity index (χ0) is 10.7. The van der Waals surface area contributed by atoms with Gasteiger partial charge in [-0.2, -0.15) is 0 Å². The van der Waals surface area contributed by atoms with E-state index in [2.05, 4.69) is 0 Å². The van der Waals surface area contributed by atoms with Gasteiger partial charge in [-0.15, -0.1) is 0 Å². The van der Waals surface area contributed by atoms with Crippen LogP contribution in [0.4, 0.5) is 0 Å². The molecule has 0 aliphatic heterocycles.